The number of hydrogen-bond acceptors (Lipinski definition) is 3. The molecule has 4 heteroatoms. The molecule has 0 saturated carbocycles. The fraction of sp³-hybridized carbons (Fsp3) is 0.667. The number of rotatable bonds is 0. The zero-order valence-corrected chi connectivity index (χ0v) is 6.55. The molecule has 0 aliphatic rings. The van der Waals surface area contributed by atoms with Gasteiger partial charge in [0.15, 0.2) is 0 Å². The van der Waals surface area contributed by atoms with E-state index in [2.05, 4.69) is 0 Å². The summed E-state index contributed by atoms with van der Waals surface area (Å²) in [7, 11) is 0. The molecule has 0 rings (SSSR count). The SMILES string of the molecule is CC#N.CC#N.CCO.O. The molecule has 60 valence electrons. The molecule has 0 amide bonds. The van der Waals surface area contributed by atoms with Crippen LogP contribution in [0.3, 0.4) is 0 Å². The third-order valence-electron chi connectivity index (χ3n) is 0. The zero-order chi connectivity index (χ0) is 8.12. The number of aliphatic hydroxyl groups is 1. The topological polar surface area (TPSA) is 99.3 Å². The minimum Gasteiger partial charge on any atom is -0.412 e. The lowest BCUT2D eigenvalue weighted by atomic mass is 10.9. The lowest BCUT2D eigenvalue weighted by molar-refractivity contribution is 0.318. The van der Waals surface area contributed by atoms with Crippen LogP contribution in [-0.4, -0.2) is 17.2 Å². The van der Waals surface area contributed by atoms with E-state index < -0.39 is 0 Å². The maximum absolute atomic E-state index is 7.57. The Labute approximate surface area is 61.6 Å². The molecular formula is C6H14N2O2. The Balaban J connectivity index is -0.0000000257. The lowest BCUT2D eigenvalue weighted by Gasteiger charge is -1.52. The molecule has 0 saturated heterocycles. The average Bonchev–Trinajstić information content (AvgIpc) is 1.70. The number of aliphatic hydroxyl groups excluding tert-OH is 1. The van der Waals surface area contributed by atoms with Crippen LogP contribution in [0.2, 0.25) is 0 Å². The average molecular weight is 146 g/mol. The summed E-state index contributed by atoms with van der Waals surface area (Å²) in [6.07, 6.45) is 0. The molecule has 3 N–H and O–H groups in total. The molecule has 0 aromatic rings. The van der Waals surface area contributed by atoms with Crippen molar-refractivity contribution < 1.29 is 10.6 Å². The van der Waals surface area contributed by atoms with E-state index in [4.69, 9.17) is 15.6 Å². The highest BCUT2D eigenvalue weighted by Crippen LogP contribution is 1.30. The highest BCUT2D eigenvalue weighted by atomic mass is 16.2. The highest BCUT2D eigenvalue weighted by molar-refractivity contribution is 4.51. The van der Waals surface area contributed by atoms with Gasteiger partial charge in [-0.1, -0.05) is 0 Å². The van der Waals surface area contributed by atoms with Gasteiger partial charge < -0.3 is 10.6 Å². The van der Waals surface area contributed by atoms with Gasteiger partial charge in [0.25, 0.3) is 0 Å². The molecule has 0 heterocycles. The summed E-state index contributed by atoms with van der Waals surface area (Å²) >= 11 is 0. The van der Waals surface area contributed by atoms with E-state index in [1.54, 1.807) is 19.1 Å². The van der Waals surface area contributed by atoms with Gasteiger partial charge in [-0.3, -0.25) is 0 Å². The number of nitrogens with zero attached hydrogens (tertiary/aromatic N) is 2. The second-order valence-electron chi connectivity index (χ2n) is 0.763. The van der Waals surface area contributed by atoms with E-state index in [-0.39, 0.29) is 12.1 Å². The van der Waals surface area contributed by atoms with Crippen LogP contribution in [0, 0.1) is 22.7 Å². The minimum atomic E-state index is 0. The highest BCUT2D eigenvalue weighted by Gasteiger charge is 1.34. The van der Waals surface area contributed by atoms with Crippen LogP contribution in [0.25, 0.3) is 0 Å². The van der Waals surface area contributed by atoms with Crippen LogP contribution in [0.5, 0.6) is 0 Å². The maximum atomic E-state index is 7.57. The van der Waals surface area contributed by atoms with Crippen molar-refractivity contribution in [1.82, 2.24) is 0 Å². The molecule has 4 nitrogen and oxygen atoms in total. The molecule has 0 unspecified atom stereocenters. The molecule has 0 fully saturated rings. The van der Waals surface area contributed by atoms with Crippen molar-refractivity contribution in [2.24, 2.45) is 0 Å². The van der Waals surface area contributed by atoms with E-state index in [9.17, 15) is 0 Å². The van der Waals surface area contributed by atoms with Crippen molar-refractivity contribution in [1.29, 1.82) is 10.5 Å². The van der Waals surface area contributed by atoms with Gasteiger partial charge in [-0.15, -0.1) is 0 Å². The van der Waals surface area contributed by atoms with Crippen LogP contribution >= 0.6 is 0 Å². The largest absolute Gasteiger partial charge is 0.412 e. The van der Waals surface area contributed by atoms with Gasteiger partial charge in [0.05, 0.1) is 12.1 Å². The first-order chi connectivity index (χ1) is 4.24. The predicted octanol–water partition coefficient (Wildman–Crippen LogP) is 0.234. The van der Waals surface area contributed by atoms with Crippen molar-refractivity contribution in [3.05, 3.63) is 0 Å². The van der Waals surface area contributed by atoms with E-state index in [1.165, 1.54) is 13.8 Å². The fourth-order valence-electron chi connectivity index (χ4n) is 0. The molecule has 0 spiro atoms. The van der Waals surface area contributed by atoms with Gasteiger partial charge in [0.2, 0.25) is 0 Å². The van der Waals surface area contributed by atoms with Crippen LogP contribution in [-0.2, 0) is 0 Å². The van der Waals surface area contributed by atoms with E-state index in [1.807, 2.05) is 0 Å². The fourth-order valence-corrected chi connectivity index (χ4v) is 0. The van der Waals surface area contributed by atoms with Crippen LogP contribution < -0.4 is 0 Å². The Morgan fingerprint density at radius 3 is 1.20 bits per heavy atom. The van der Waals surface area contributed by atoms with Crippen molar-refractivity contribution in [3.63, 3.8) is 0 Å². The molecule has 0 aliphatic carbocycles. The summed E-state index contributed by atoms with van der Waals surface area (Å²) in [6.45, 7) is 4.79. The Morgan fingerprint density at radius 1 is 1.20 bits per heavy atom. The first-order valence-electron chi connectivity index (χ1n) is 2.47. The summed E-state index contributed by atoms with van der Waals surface area (Å²) in [5.74, 6) is 0. The Kier molecular flexibility index (Phi) is 241. The Bertz CT molecular complexity index is 78.9. The van der Waals surface area contributed by atoms with Crippen LogP contribution in [0.4, 0.5) is 0 Å². The maximum Gasteiger partial charge on any atom is 0.0587 e. The summed E-state index contributed by atoms with van der Waals surface area (Å²) < 4.78 is 0. The van der Waals surface area contributed by atoms with Crippen molar-refractivity contribution in [3.8, 4) is 12.1 Å². The predicted molar refractivity (Wildman–Crippen MR) is 38.9 cm³/mol. The second-order valence-corrected chi connectivity index (χ2v) is 0.763. The van der Waals surface area contributed by atoms with Crippen LogP contribution in [0.1, 0.15) is 20.8 Å². The van der Waals surface area contributed by atoms with Gasteiger partial charge in [0, 0.05) is 20.5 Å². The first-order valence-corrected chi connectivity index (χ1v) is 2.47. The molecule has 0 radical (unpaired) electrons. The molecule has 0 atom stereocenters. The third kappa shape index (κ3) is 199. The van der Waals surface area contributed by atoms with E-state index in [0.717, 1.165) is 0 Å². The molecule has 0 bridgehead atoms. The zero-order valence-electron chi connectivity index (χ0n) is 6.55. The standard InChI is InChI=1S/2C2H3N.C2H6O.H2O/c3*1-2-3;/h2*1H3;3H,2H2,1H3;1H2. The van der Waals surface area contributed by atoms with E-state index >= 15 is 0 Å². The van der Waals surface area contributed by atoms with Crippen molar-refractivity contribution >= 4 is 0 Å². The quantitative estimate of drug-likeness (QED) is 0.529. The molecule has 10 heavy (non-hydrogen) atoms. The Morgan fingerprint density at radius 2 is 1.20 bits per heavy atom. The van der Waals surface area contributed by atoms with Crippen molar-refractivity contribution in [2.45, 2.75) is 20.8 Å². The first kappa shape index (κ1) is 23.1. The Hall–Kier alpha value is -1.10. The normalized spacial score (nSPS) is 3.40. The second kappa shape index (κ2) is 104. The summed E-state index contributed by atoms with van der Waals surface area (Å²) in [5.41, 5.74) is 0. The smallest absolute Gasteiger partial charge is 0.0587 e. The summed E-state index contributed by atoms with van der Waals surface area (Å²) in [5, 5.41) is 22.2. The van der Waals surface area contributed by atoms with Gasteiger partial charge in [-0.2, -0.15) is 10.5 Å². The lowest BCUT2D eigenvalue weighted by Crippen LogP contribution is -1.57. The van der Waals surface area contributed by atoms with Gasteiger partial charge in [-0.25, -0.2) is 0 Å². The summed E-state index contributed by atoms with van der Waals surface area (Å²) in [4.78, 5) is 0. The van der Waals surface area contributed by atoms with E-state index in [0.29, 0.717) is 0 Å². The van der Waals surface area contributed by atoms with Crippen LogP contribution in [0.15, 0.2) is 0 Å². The summed E-state index contributed by atoms with van der Waals surface area (Å²) in [6, 6.07) is 3.50. The molecule has 0 aromatic carbocycles. The van der Waals surface area contributed by atoms with Gasteiger partial charge in [-0.05, 0) is 6.92 Å². The number of nitriles is 2. The minimum absolute atomic E-state index is 0. The third-order valence-corrected chi connectivity index (χ3v) is 0. The van der Waals surface area contributed by atoms with Gasteiger partial charge in [0.1, 0.15) is 0 Å². The van der Waals surface area contributed by atoms with Gasteiger partial charge >= 0.3 is 0 Å². The number of hydrogen-bond donors (Lipinski definition) is 1. The van der Waals surface area contributed by atoms with Crippen molar-refractivity contribution in [2.75, 3.05) is 6.61 Å². The molecular weight excluding hydrogens is 132 g/mol. The molecule has 0 aromatic heterocycles. The molecule has 0 aliphatic heterocycles. The monoisotopic (exact) mass is 146 g/mol.